The maximum absolute atomic E-state index is 8.84. The number of hydrogen-bond acceptors (Lipinski definition) is 4. The lowest BCUT2D eigenvalue weighted by Crippen LogP contribution is -2.25. The molecule has 1 atom stereocenters. The van der Waals surface area contributed by atoms with Gasteiger partial charge in [0.2, 0.25) is 0 Å². The van der Waals surface area contributed by atoms with Crippen molar-refractivity contribution < 1.29 is 0 Å². The zero-order chi connectivity index (χ0) is 14.1. The van der Waals surface area contributed by atoms with Crippen molar-refractivity contribution in [3.63, 3.8) is 0 Å². The number of nitrogens with one attached hydrogen (secondary N) is 1. The molecule has 1 aromatic rings. The van der Waals surface area contributed by atoms with Crippen LogP contribution in [0.4, 0.5) is 5.82 Å². The molecular formula is C15H24N4. The average Bonchev–Trinajstić information content (AvgIpc) is 2.44. The van der Waals surface area contributed by atoms with Crippen LogP contribution in [0.1, 0.15) is 39.2 Å². The van der Waals surface area contributed by atoms with E-state index in [0.717, 1.165) is 31.9 Å². The van der Waals surface area contributed by atoms with Crippen molar-refractivity contribution in [2.45, 2.75) is 39.7 Å². The normalized spacial score (nSPS) is 12.2. The van der Waals surface area contributed by atoms with Crippen molar-refractivity contribution in [1.29, 1.82) is 5.26 Å². The van der Waals surface area contributed by atoms with Crippen LogP contribution in [0.5, 0.6) is 0 Å². The van der Waals surface area contributed by atoms with Gasteiger partial charge in [-0.05, 0) is 51.5 Å². The Balaban J connectivity index is 2.34. The van der Waals surface area contributed by atoms with Crippen molar-refractivity contribution >= 4 is 5.82 Å². The molecule has 104 valence electrons. The summed E-state index contributed by atoms with van der Waals surface area (Å²) in [5, 5.41) is 12.2. The van der Waals surface area contributed by atoms with Gasteiger partial charge in [0, 0.05) is 12.2 Å². The molecular weight excluding hydrogens is 236 g/mol. The predicted molar refractivity (Wildman–Crippen MR) is 79.1 cm³/mol. The molecule has 1 aromatic heterocycles. The van der Waals surface area contributed by atoms with E-state index in [1.54, 1.807) is 18.3 Å². The molecule has 4 nitrogen and oxygen atoms in total. The number of rotatable bonds is 8. The molecule has 0 fully saturated rings. The lowest BCUT2D eigenvalue weighted by Gasteiger charge is -2.20. The fourth-order valence-electron chi connectivity index (χ4n) is 2.06. The Morgan fingerprint density at radius 3 is 2.79 bits per heavy atom. The summed E-state index contributed by atoms with van der Waals surface area (Å²) in [6.07, 6.45) is 3.95. The summed E-state index contributed by atoms with van der Waals surface area (Å²) in [5.41, 5.74) is 0.646. The maximum Gasteiger partial charge on any atom is 0.127 e. The topological polar surface area (TPSA) is 52.0 Å². The van der Waals surface area contributed by atoms with E-state index in [1.807, 2.05) is 0 Å². The summed E-state index contributed by atoms with van der Waals surface area (Å²) in [6, 6.07) is 6.01. The Hall–Kier alpha value is -1.60. The lowest BCUT2D eigenvalue weighted by atomic mass is 10.1. The first-order valence-electron chi connectivity index (χ1n) is 7.04. The zero-order valence-corrected chi connectivity index (χ0v) is 12.2. The van der Waals surface area contributed by atoms with Gasteiger partial charge < -0.3 is 10.2 Å². The molecule has 0 aliphatic rings. The summed E-state index contributed by atoms with van der Waals surface area (Å²) < 4.78 is 0. The molecule has 19 heavy (non-hydrogen) atoms. The Labute approximate surface area is 116 Å². The highest BCUT2D eigenvalue weighted by atomic mass is 15.1. The van der Waals surface area contributed by atoms with Gasteiger partial charge in [-0.25, -0.2) is 4.98 Å². The van der Waals surface area contributed by atoms with E-state index in [1.165, 1.54) is 6.42 Å². The third-order valence-electron chi connectivity index (χ3n) is 3.29. The van der Waals surface area contributed by atoms with Gasteiger partial charge in [-0.3, -0.25) is 0 Å². The molecule has 1 unspecified atom stereocenters. The molecule has 0 aliphatic heterocycles. The molecule has 0 spiro atoms. The number of nitriles is 1. The van der Waals surface area contributed by atoms with Crippen molar-refractivity contribution in [1.82, 2.24) is 9.88 Å². The first-order valence-corrected chi connectivity index (χ1v) is 7.04. The molecule has 0 aromatic carbocycles. The second kappa shape index (κ2) is 8.49. The zero-order valence-electron chi connectivity index (χ0n) is 12.2. The summed E-state index contributed by atoms with van der Waals surface area (Å²) in [7, 11) is 0. The molecule has 0 aliphatic carbocycles. The van der Waals surface area contributed by atoms with Crippen LogP contribution in [0.25, 0.3) is 0 Å². The third-order valence-corrected chi connectivity index (χ3v) is 3.29. The van der Waals surface area contributed by atoms with Gasteiger partial charge in [0.05, 0.1) is 11.6 Å². The number of nitrogens with zero attached hydrogens (tertiary/aromatic N) is 3. The Morgan fingerprint density at radius 2 is 2.16 bits per heavy atom. The predicted octanol–water partition coefficient (Wildman–Crippen LogP) is 2.88. The first kappa shape index (κ1) is 15.5. The quantitative estimate of drug-likeness (QED) is 0.781. The maximum atomic E-state index is 8.84. The molecule has 0 amide bonds. The Morgan fingerprint density at radius 1 is 1.42 bits per heavy atom. The summed E-state index contributed by atoms with van der Waals surface area (Å²) in [6.45, 7) is 9.92. The number of aromatic nitrogens is 1. The van der Waals surface area contributed by atoms with Gasteiger partial charge in [-0.2, -0.15) is 5.26 Å². The highest BCUT2D eigenvalue weighted by Gasteiger charge is 2.05. The van der Waals surface area contributed by atoms with Gasteiger partial charge in [0.1, 0.15) is 5.82 Å². The van der Waals surface area contributed by atoms with Crippen molar-refractivity contribution in [3.8, 4) is 6.07 Å². The van der Waals surface area contributed by atoms with E-state index in [-0.39, 0.29) is 0 Å². The minimum absolute atomic E-state index is 0.372. The largest absolute Gasteiger partial charge is 0.368 e. The fourth-order valence-corrected chi connectivity index (χ4v) is 2.06. The molecule has 0 bridgehead atoms. The van der Waals surface area contributed by atoms with Gasteiger partial charge in [0.15, 0.2) is 0 Å². The van der Waals surface area contributed by atoms with Gasteiger partial charge in [-0.1, -0.05) is 13.8 Å². The number of pyridine rings is 1. The van der Waals surface area contributed by atoms with Crippen LogP contribution in [0.3, 0.4) is 0 Å². The van der Waals surface area contributed by atoms with Crippen LogP contribution in [-0.2, 0) is 0 Å². The minimum atomic E-state index is 0.372. The van der Waals surface area contributed by atoms with Gasteiger partial charge >= 0.3 is 0 Å². The fraction of sp³-hybridized carbons (Fsp3) is 0.600. The van der Waals surface area contributed by atoms with E-state index in [9.17, 15) is 0 Å². The van der Waals surface area contributed by atoms with Crippen LogP contribution >= 0.6 is 0 Å². The molecule has 0 saturated carbocycles. The lowest BCUT2D eigenvalue weighted by molar-refractivity contribution is 0.295. The highest BCUT2D eigenvalue weighted by molar-refractivity contribution is 5.42. The standard InChI is InChI=1S/C15H24N4/c1-4-19(5-2)10-6-7-13(3)18-15-11-14(12-16)8-9-17-15/h8-9,11,13H,4-7,10H2,1-3H3,(H,17,18). The number of anilines is 1. The van der Waals surface area contributed by atoms with E-state index in [2.05, 4.69) is 42.0 Å². The minimum Gasteiger partial charge on any atom is -0.368 e. The molecule has 1 rings (SSSR count). The second-order valence-corrected chi connectivity index (χ2v) is 4.76. The van der Waals surface area contributed by atoms with Gasteiger partial charge in [-0.15, -0.1) is 0 Å². The smallest absolute Gasteiger partial charge is 0.127 e. The third kappa shape index (κ3) is 5.71. The van der Waals surface area contributed by atoms with Crippen molar-refractivity contribution in [2.24, 2.45) is 0 Å². The van der Waals surface area contributed by atoms with Crippen molar-refractivity contribution in [2.75, 3.05) is 25.0 Å². The van der Waals surface area contributed by atoms with Crippen LogP contribution in [-0.4, -0.2) is 35.6 Å². The molecule has 0 radical (unpaired) electrons. The van der Waals surface area contributed by atoms with E-state index in [4.69, 9.17) is 5.26 Å². The monoisotopic (exact) mass is 260 g/mol. The summed E-state index contributed by atoms with van der Waals surface area (Å²) in [4.78, 5) is 6.66. The van der Waals surface area contributed by atoms with Crippen LogP contribution < -0.4 is 5.32 Å². The average molecular weight is 260 g/mol. The Kier molecular flexibility index (Phi) is 6.91. The van der Waals surface area contributed by atoms with Gasteiger partial charge in [0.25, 0.3) is 0 Å². The Bertz CT molecular complexity index is 407. The van der Waals surface area contributed by atoms with Crippen LogP contribution in [0.2, 0.25) is 0 Å². The molecule has 1 N–H and O–H groups in total. The summed E-state index contributed by atoms with van der Waals surface area (Å²) >= 11 is 0. The second-order valence-electron chi connectivity index (χ2n) is 4.76. The van der Waals surface area contributed by atoms with E-state index >= 15 is 0 Å². The summed E-state index contributed by atoms with van der Waals surface area (Å²) in [5.74, 6) is 0.786. The number of hydrogen-bond donors (Lipinski definition) is 1. The molecule has 0 saturated heterocycles. The van der Waals surface area contributed by atoms with E-state index in [0.29, 0.717) is 11.6 Å². The van der Waals surface area contributed by atoms with E-state index < -0.39 is 0 Å². The SMILES string of the molecule is CCN(CC)CCCC(C)Nc1cc(C#N)ccn1. The van der Waals surface area contributed by atoms with Crippen LogP contribution in [0.15, 0.2) is 18.3 Å². The highest BCUT2D eigenvalue weighted by Crippen LogP contribution is 2.09. The van der Waals surface area contributed by atoms with Crippen LogP contribution in [0, 0.1) is 11.3 Å². The molecule has 1 heterocycles. The molecule has 4 heteroatoms. The van der Waals surface area contributed by atoms with Crippen molar-refractivity contribution in [3.05, 3.63) is 23.9 Å². The first-order chi connectivity index (χ1) is 9.19.